The number of alkyl halides is 6. The van der Waals surface area contributed by atoms with Crippen LogP contribution >= 0.6 is 0 Å². The summed E-state index contributed by atoms with van der Waals surface area (Å²) in [5.41, 5.74) is -0.833. The standard InChI is InChI=1S/C29H37.C15H8F6.C12H19.2ClH.Zr/c1-21-14-13-15-22-20-27(6)25(4)18-10-9-16-23(25,2)24(3)17-11-12-19-26(24,5)29(27,8)28(21,22)7;16-14(17,18)12-5-1-10(2-6-12)9-11-3-7-13(8-4-11)15(19,20)21;1-9(2)10-6-7-11(8-10)12(3,4)5;;;/h9-20,22H,1-8H3;1-8H;7-10H,1-5H3;2*1H;/q;;;;;+2/p-2. The predicted molar refractivity (Wildman–Crippen MR) is 243 cm³/mol. The molecule has 6 aliphatic rings. The van der Waals surface area contributed by atoms with E-state index in [2.05, 4.69) is 169 Å². The van der Waals surface area contributed by atoms with Gasteiger partial charge >= 0.3 is 382 Å². The first kappa shape index (κ1) is 51.7. The molecule has 0 bridgehead atoms. The van der Waals surface area contributed by atoms with Gasteiger partial charge in [-0.25, -0.2) is 0 Å². The van der Waals surface area contributed by atoms with Gasteiger partial charge in [-0.2, -0.15) is 0 Å². The van der Waals surface area contributed by atoms with Gasteiger partial charge in [0, 0.05) is 0 Å². The minimum atomic E-state index is -4.55. The molecule has 0 spiro atoms. The summed E-state index contributed by atoms with van der Waals surface area (Å²) in [6, 6.07) is 11.1. The minimum absolute atomic E-state index is 0. The minimum Gasteiger partial charge on any atom is -1.00 e. The molecule has 10 atom stereocenters. The maximum Gasteiger partial charge on any atom is -1.00 e. The summed E-state index contributed by atoms with van der Waals surface area (Å²) < 4.78 is 88.5. The molecule has 9 heteroatoms. The molecule has 0 saturated heterocycles. The number of hydrogen-bond donors (Lipinski definition) is 0. The van der Waals surface area contributed by atoms with Gasteiger partial charge in [0.1, 0.15) is 0 Å². The van der Waals surface area contributed by atoms with E-state index in [1.807, 2.05) is 0 Å². The van der Waals surface area contributed by atoms with Crippen molar-refractivity contribution in [1.82, 2.24) is 0 Å². The molecule has 65 heavy (non-hydrogen) atoms. The van der Waals surface area contributed by atoms with Crippen LogP contribution in [-0.4, -0.2) is 3.21 Å². The van der Waals surface area contributed by atoms with E-state index in [9.17, 15) is 26.3 Å². The molecule has 0 amide bonds. The van der Waals surface area contributed by atoms with Crippen LogP contribution in [0.1, 0.15) is 112 Å². The molecular weight excluding hydrogens is 949 g/mol. The molecule has 0 N–H and O–H groups in total. The first-order valence-electron chi connectivity index (χ1n) is 22.6. The predicted octanol–water partition coefficient (Wildman–Crippen LogP) is 10.3. The molecule has 0 aromatic heterocycles. The summed E-state index contributed by atoms with van der Waals surface area (Å²) >= 11 is -3.88. The van der Waals surface area contributed by atoms with Gasteiger partial charge in [0.15, 0.2) is 0 Å². The summed E-state index contributed by atoms with van der Waals surface area (Å²) in [6.45, 7) is 31.0. The maximum atomic E-state index is 14.4. The quantitative estimate of drug-likeness (QED) is 0.262. The number of hydrogen-bond acceptors (Lipinski definition) is 0. The van der Waals surface area contributed by atoms with Gasteiger partial charge in [-0.1, -0.05) is 0 Å². The molecule has 0 heterocycles. The number of benzene rings is 2. The molecule has 2 fully saturated rings. The van der Waals surface area contributed by atoms with Crippen molar-refractivity contribution in [2.45, 2.75) is 106 Å². The summed E-state index contributed by atoms with van der Waals surface area (Å²) in [6.07, 6.45) is 21.5. The third-order valence-electron chi connectivity index (χ3n) is 19.0. The Balaban J connectivity index is 0.00000350. The maximum absolute atomic E-state index is 14.4. The largest absolute Gasteiger partial charge is 1.00 e. The summed E-state index contributed by atoms with van der Waals surface area (Å²) in [7, 11) is 0. The Labute approximate surface area is 404 Å². The first-order chi connectivity index (χ1) is 29.0. The molecule has 348 valence electrons. The zero-order valence-corrected chi connectivity index (χ0v) is 43.9. The van der Waals surface area contributed by atoms with Crippen LogP contribution < -0.4 is 24.8 Å². The van der Waals surface area contributed by atoms with E-state index >= 15 is 0 Å². The average molecular weight is 1010 g/mol. The Morgan fingerprint density at radius 2 is 1.05 bits per heavy atom. The van der Waals surface area contributed by atoms with E-state index in [0.717, 1.165) is 3.21 Å². The summed E-state index contributed by atoms with van der Waals surface area (Å²) in [5, 5.41) is 0. The van der Waals surface area contributed by atoms with Crippen LogP contribution in [0.4, 0.5) is 26.3 Å². The smallest absolute Gasteiger partial charge is 1.00 e. The van der Waals surface area contributed by atoms with Gasteiger partial charge in [0.25, 0.3) is 0 Å². The molecule has 8 rings (SSSR count). The van der Waals surface area contributed by atoms with Crippen molar-refractivity contribution < 1.29 is 72.4 Å². The Kier molecular flexibility index (Phi) is 12.9. The van der Waals surface area contributed by atoms with Crippen molar-refractivity contribution in [1.29, 1.82) is 0 Å². The number of allylic oxidation sites excluding steroid dienone is 16. The van der Waals surface area contributed by atoms with Crippen molar-refractivity contribution in [2.24, 2.45) is 61.1 Å². The fourth-order valence-electron chi connectivity index (χ4n) is 14.7. The molecule has 2 saturated carbocycles. The second-order valence-corrected chi connectivity index (χ2v) is 28.4. The SMILES string of the molecule is CC1=CC=CC2[CH]([Zr+2]([C]3=CC(C(C)(C)C)=CC3C(C)C)=[C](c3ccc(C(F)(F)F)cc3)c3ccc(C(F)(F)F)cc3)C3(C)C4(C)C=CC=CC4(C)C4(C)C=CC=CC4(C)C3(C)C12C.[Cl-].[Cl-]. The normalized spacial score (nSPS) is 36.5. The Morgan fingerprint density at radius 1 is 0.615 bits per heavy atom. The molecule has 10 unspecified atom stereocenters. The topological polar surface area (TPSA) is 0 Å². The molecular formula is C56H64Cl2F6Zr. The van der Waals surface area contributed by atoms with Crippen molar-refractivity contribution in [3.63, 3.8) is 0 Å². The molecule has 6 aliphatic carbocycles. The average Bonchev–Trinajstić information content (AvgIpc) is 3.73. The van der Waals surface area contributed by atoms with Crippen LogP contribution in [-0.2, 0) is 33.6 Å². The van der Waals surface area contributed by atoms with E-state index < -0.39 is 77.2 Å². The zero-order valence-electron chi connectivity index (χ0n) is 40.0. The summed E-state index contributed by atoms with van der Waals surface area (Å²) in [5.74, 6) is 0.235. The van der Waals surface area contributed by atoms with Crippen molar-refractivity contribution >= 4 is 3.21 Å². The van der Waals surface area contributed by atoms with Crippen LogP contribution in [0.2, 0.25) is 3.63 Å². The second-order valence-electron chi connectivity index (χ2n) is 22.2. The van der Waals surface area contributed by atoms with Crippen LogP contribution in [0.15, 0.2) is 142 Å². The van der Waals surface area contributed by atoms with Gasteiger partial charge in [-0.3, -0.25) is 0 Å². The fourth-order valence-corrected chi connectivity index (χ4v) is 26.9. The molecule has 2 aromatic carbocycles. The van der Waals surface area contributed by atoms with E-state index in [1.54, 1.807) is 24.3 Å². The van der Waals surface area contributed by atoms with Crippen molar-refractivity contribution in [3.8, 4) is 0 Å². The summed E-state index contributed by atoms with van der Waals surface area (Å²) in [4.78, 5) is 0. The van der Waals surface area contributed by atoms with Crippen LogP contribution in [0.25, 0.3) is 0 Å². The third-order valence-corrected chi connectivity index (χ3v) is 28.3. The van der Waals surface area contributed by atoms with E-state index in [1.165, 1.54) is 38.7 Å². The van der Waals surface area contributed by atoms with Crippen LogP contribution in [0.5, 0.6) is 0 Å². The Morgan fingerprint density at radius 3 is 1.48 bits per heavy atom. The van der Waals surface area contributed by atoms with E-state index in [-0.39, 0.29) is 57.0 Å². The van der Waals surface area contributed by atoms with Gasteiger partial charge in [0.2, 0.25) is 0 Å². The first-order valence-corrected chi connectivity index (χ1v) is 26.5. The molecule has 2 aromatic rings. The van der Waals surface area contributed by atoms with Gasteiger partial charge in [0.05, 0.1) is 0 Å². The fraction of sp³-hybridized carbons (Fsp3) is 0.482. The van der Waals surface area contributed by atoms with Crippen LogP contribution in [0, 0.1) is 61.1 Å². The van der Waals surface area contributed by atoms with Gasteiger partial charge in [-0.05, 0) is 0 Å². The molecule has 0 radical (unpaired) electrons. The van der Waals surface area contributed by atoms with Gasteiger partial charge < -0.3 is 24.8 Å². The third kappa shape index (κ3) is 6.62. The monoisotopic (exact) mass is 1010 g/mol. The van der Waals surface area contributed by atoms with E-state index in [4.69, 9.17) is 0 Å². The number of halogens is 8. The molecule has 0 nitrogen and oxygen atoms in total. The zero-order chi connectivity index (χ0) is 46.4. The Hall–Kier alpha value is -2.73. The molecule has 0 aliphatic heterocycles. The van der Waals surface area contributed by atoms with Crippen molar-refractivity contribution in [2.75, 3.05) is 0 Å². The van der Waals surface area contributed by atoms with Crippen LogP contribution in [0.3, 0.4) is 0 Å². The number of rotatable bonds is 5. The second kappa shape index (κ2) is 16.2. The number of fused-ring (bicyclic) bond motifs is 8. The Bertz CT molecular complexity index is 2460. The van der Waals surface area contributed by atoms with E-state index in [0.29, 0.717) is 11.1 Å². The van der Waals surface area contributed by atoms with Crippen molar-refractivity contribution in [3.05, 3.63) is 164 Å². The van der Waals surface area contributed by atoms with Gasteiger partial charge in [-0.15, -0.1) is 0 Å².